The Bertz CT molecular complexity index is 333. The van der Waals surface area contributed by atoms with Crippen molar-refractivity contribution in [1.29, 1.82) is 0 Å². The van der Waals surface area contributed by atoms with Gasteiger partial charge < -0.3 is 5.11 Å². The van der Waals surface area contributed by atoms with Gasteiger partial charge in [0.15, 0.2) is 0 Å². The van der Waals surface area contributed by atoms with Crippen molar-refractivity contribution in [2.75, 3.05) is 0 Å². The molecule has 1 heterocycles. The molecule has 1 N–H and O–H groups in total. The van der Waals surface area contributed by atoms with Gasteiger partial charge in [-0.25, -0.2) is 4.79 Å². The minimum Gasteiger partial charge on any atom is -0.478 e. The fraction of sp³-hybridized carbons (Fsp3) is 0. The first-order valence-electron chi connectivity index (χ1n) is 3.07. The molecule has 0 unspecified atom stereocenters. The van der Waals surface area contributed by atoms with Crippen molar-refractivity contribution in [1.82, 2.24) is 0 Å². The number of hydrogen-bond acceptors (Lipinski definition) is 3. The lowest BCUT2D eigenvalue weighted by molar-refractivity contribution is 0.0699. The lowest BCUT2D eigenvalue weighted by atomic mass is 10.1. The Labute approximate surface area is 62.2 Å². The van der Waals surface area contributed by atoms with E-state index in [1.807, 2.05) is 0 Å². The summed E-state index contributed by atoms with van der Waals surface area (Å²) in [5.74, 6) is -0.972. The summed E-state index contributed by atoms with van der Waals surface area (Å²) in [7, 11) is 0. The molecule has 0 radical (unpaired) electrons. The molecule has 0 spiro atoms. The number of aromatic carboxylic acids is 1. The van der Waals surface area contributed by atoms with Crippen molar-refractivity contribution in [2.45, 2.75) is 0 Å². The number of benzene rings is 1. The van der Waals surface area contributed by atoms with Gasteiger partial charge in [-0.05, 0) is 12.1 Å². The summed E-state index contributed by atoms with van der Waals surface area (Å²) in [6.45, 7) is 0. The molecule has 11 heavy (non-hydrogen) atoms. The van der Waals surface area contributed by atoms with Crippen LogP contribution in [0.5, 0.6) is 0 Å². The van der Waals surface area contributed by atoms with Gasteiger partial charge in [-0.1, -0.05) is 6.07 Å². The Morgan fingerprint density at radius 3 is 2.18 bits per heavy atom. The third kappa shape index (κ3) is 0.724. The van der Waals surface area contributed by atoms with Crippen molar-refractivity contribution in [2.24, 2.45) is 10.2 Å². The van der Waals surface area contributed by atoms with E-state index in [2.05, 4.69) is 10.2 Å². The average Bonchev–Trinajstić information content (AvgIpc) is 2.23. The van der Waals surface area contributed by atoms with Gasteiger partial charge >= 0.3 is 5.97 Å². The molecule has 0 saturated heterocycles. The zero-order chi connectivity index (χ0) is 7.84. The lowest BCUT2D eigenvalue weighted by Crippen LogP contribution is -1.94. The molecule has 1 aromatic carbocycles. The highest BCUT2D eigenvalue weighted by atomic mass is 16.4. The standard InChI is InChI=1S/C7H4N2O2/c10-7(11)6-4-2-1-3-5(6)9-8-4/h1-3H,(H,10,11). The molecule has 2 bridgehead atoms. The second-order valence-electron chi connectivity index (χ2n) is 2.18. The van der Waals surface area contributed by atoms with Crippen molar-refractivity contribution < 1.29 is 9.90 Å². The van der Waals surface area contributed by atoms with E-state index in [1.54, 1.807) is 18.2 Å². The first-order valence-corrected chi connectivity index (χ1v) is 3.07. The number of nitrogens with zero attached hydrogens (tertiary/aromatic N) is 2. The highest BCUT2D eigenvalue weighted by Crippen LogP contribution is 2.35. The van der Waals surface area contributed by atoms with Crippen LogP contribution in [-0.2, 0) is 0 Å². The first kappa shape index (κ1) is 6.03. The van der Waals surface area contributed by atoms with Gasteiger partial charge in [-0.3, -0.25) is 0 Å². The summed E-state index contributed by atoms with van der Waals surface area (Å²) < 4.78 is 0. The molecule has 54 valence electrons. The maximum atomic E-state index is 10.6. The predicted molar refractivity (Wildman–Crippen MR) is 37.6 cm³/mol. The fourth-order valence-electron chi connectivity index (χ4n) is 1.02. The lowest BCUT2D eigenvalue weighted by Gasteiger charge is -1.92. The quantitative estimate of drug-likeness (QED) is 0.673. The molecule has 0 fully saturated rings. The van der Waals surface area contributed by atoms with Crippen LogP contribution in [0.4, 0.5) is 11.4 Å². The SMILES string of the molecule is O=C(O)c1c2cccc1N=N2. The van der Waals surface area contributed by atoms with E-state index in [1.165, 1.54) is 0 Å². The fourth-order valence-corrected chi connectivity index (χ4v) is 1.02. The Morgan fingerprint density at radius 2 is 1.82 bits per heavy atom. The molecule has 1 aromatic rings. The molecule has 0 aliphatic carbocycles. The number of fused-ring (bicyclic) bond motifs is 2. The molecule has 1 aliphatic heterocycles. The summed E-state index contributed by atoms with van der Waals surface area (Å²) in [5, 5.41) is 16.0. The molecule has 0 atom stereocenters. The molecule has 0 amide bonds. The van der Waals surface area contributed by atoms with Crippen molar-refractivity contribution in [3.8, 4) is 0 Å². The van der Waals surface area contributed by atoms with Crippen LogP contribution in [0.25, 0.3) is 0 Å². The summed E-state index contributed by atoms with van der Waals surface area (Å²) in [6, 6.07) is 4.99. The maximum absolute atomic E-state index is 10.6. The zero-order valence-corrected chi connectivity index (χ0v) is 5.48. The van der Waals surface area contributed by atoms with E-state index < -0.39 is 5.97 Å². The molecule has 2 rings (SSSR count). The van der Waals surface area contributed by atoms with E-state index in [4.69, 9.17) is 5.11 Å². The molecule has 1 aliphatic rings. The number of carbonyl (C=O) groups is 1. The number of carboxylic acids is 1. The van der Waals surface area contributed by atoms with Crippen LogP contribution in [0.15, 0.2) is 28.4 Å². The van der Waals surface area contributed by atoms with Gasteiger partial charge in [0.05, 0.1) is 0 Å². The van der Waals surface area contributed by atoms with Crippen LogP contribution >= 0.6 is 0 Å². The van der Waals surface area contributed by atoms with Gasteiger partial charge in [0, 0.05) is 0 Å². The van der Waals surface area contributed by atoms with E-state index >= 15 is 0 Å². The largest absolute Gasteiger partial charge is 0.478 e. The van der Waals surface area contributed by atoms with E-state index in [0.29, 0.717) is 11.4 Å². The van der Waals surface area contributed by atoms with Crippen LogP contribution in [0.2, 0.25) is 0 Å². The minimum absolute atomic E-state index is 0.201. The van der Waals surface area contributed by atoms with Crippen LogP contribution in [0.3, 0.4) is 0 Å². The average molecular weight is 148 g/mol. The number of rotatable bonds is 1. The predicted octanol–water partition coefficient (Wildman–Crippen LogP) is 2.11. The Morgan fingerprint density at radius 1 is 1.27 bits per heavy atom. The monoisotopic (exact) mass is 148 g/mol. The number of azo groups is 1. The van der Waals surface area contributed by atoms with Crippen molar-refractivity contribution >= 4 is 17.3 Å². The Balaban J connectivity index is 2.71. The van der Waals surface area contributed by atoms with Crippen molar-refractivity contribution in [3.05, 3.63) is 23.8 Å². The van der Waals surface area contributed by atoms with Gasteiger partial charge in [0.25, 0.3) is 0 Å². The molecule has 4 heteroatoms. The third-order valence-corrected chi connectivity index (χ3v) is 1.50. The third-order valence-electron chi connectivity index (χ3n) is 1.50. The summed E-state index contributed by atoms with van der Waals surface area (Å²) in [5.41, 5.74) is 1.08. The maximum Gasteiger partial charge on any atom is 0.340 e. The number of hydrogen-bond donors (Lipinski definition) is 1. The summed E-state index contributed by atoms with van der Waals surface area (Å²) in [6.07, 6.45) is 0. The first-order chi connectivity index (χ1) is 5.29. The van der Waals surface area contributed by atoms with Crippen LogP contribution in [0, 0.1) is 0 Å². The van der Waals surface area contributed by atoms with Gasteiger partial charge in [0.1, 0.15) is 16.9 Å². The second kappa shape index (κ2) is 1.88. The van der Waals surface area contributed by atoms with Gasteiger partial charge in [0.2, 0.25) is 0 Å². The van der Waals surface area contributed by atoms with E-state index in [0.717, 1.165) is 0 Å². The van der Waals surface area contributed by atoms with Gasteiger partial charge in [-0.15, -0.1) is 10.2 Å². The molecule has 4 nitrogen and oxygen atoms in total. The van der Waals surface area contributed by atoms with Gasteiger partial charge in [-0.2, -0.15) is 0 Å². The second-order valence-corrected chi connectivity index (χ2v) is 2.18. The van der Waals surface area contributed by atoms with Crippen molar-refractivity contribution in [3.63, 3.8) is 0 Å². The normalized spacial score (nSPS) is 12.0. The molecular formula is C7H4N2O2. The summed E-state index contributed by atoms with van der Waals surface area (Å²) >= 11 is 0. The highest BCUT2D eigenvalue weighted by Gasteiger charge is 2.19. The zero-order valence-electron chi connectivity index (χ0n) is 5.48. The number of carboxylic acid groups (broad SMARTS) is 1. The van der Waals surface area contributed by atoms with Crippen LogP contribution in [0.1, 0.15) is 10.4 Å². The van der Waals surface area contributed by atoms with Crippen LogP contribution in [-0.4, -0.2) is 11.1 Å². The Kier molecular flexibility index (Phi) is 1.03. The highest BCUT2D eigenvalue weighted by molar-refractivity contribution is 5.99. The minimum atomic E-state index is -0.972. The van der Waals surface area contributed by atoms with E-state index in [9.17, 15) is 4.79 Å². The van der Waals surface area contributed by atoms with Crippen LogP contribution < -0.4 is 0 Å². The van der Waals surface area contributed by atoms with E-state index in [-0.39, 0.29) is 5.56 Å². The summed E-state index contributed by atoms with van der Waals surface area (Å²) in [4.78, 5) is 10.6. The molecule has 0 saturated carbocycles. The molecule has 0 aromatic heterocycles. The molecular weight excluding hydrogens is 144 g/mol. The smallest absolute Gasteiger partial charge is 0.340 e. The topological polar surface area (TPSA) is 62.0 Å². The Hall–Kier alpha value is -1.71.